The summed E-state index contributed by atoms with van der Waals surface area (Å²) < 4.78 is 8.44. The van der Waals surface area contributed by atoms with E-state index in [4.69, 9.17) is 21.3 Å². The van der Waals surface area contributed by atoms with Crippen LogP contribution in [0.2, 0.25) is 5.02 Å². The zero-order valence-corrected chi connectivity index (χ0v) is 20.7. The second-order valence-corrected chi connectivity index (χ2v) is 10.2. The molecule has 0 bridgehead atoms. The molecule has 1 aliphatic carbocycles. The lowest BCUT2D eigenvalue weighted by Gasteiger charge is -2.34. The van der Waals surface area contributed by atoms with Crippen molar-refractivity contribution in [2.24, 2.45) is 0 Å². The van der Waals surface area contributed by atoms with Gasteiger partial charge < -0.3 is 9.30 Å². The number of hydrogen-bond donors (Lipinski definition) is 0. The van der Waals surface area contributed by atoms with Crippen LogP contribution in [-0.4, -0.2) is 34.1 Å². The number of halogens is 1. The summed E-state index contributed by atoms with van der Waals surface area (Å²) >= 11 is 7.71. The summed E-state index contributed by atoms with van der Waals surface area (Å²) in [5.41, 5.74) is 1.37. The van der Waals surface area contributed by atoms with Crippen molar-refractivity contribution < 1.29 is 9.53 Å². The average molecular weight is 495 g/mol. The van der Waals surface area contributed by atoms with Crippen molar-refractivity contribution in [1.29, 1.82) is 0 Å². The van der Waals surface area contributed by atoms with Gasteiger partial charge in [-0.2, -0.15) is 0 Å². The Kier molecular flexibility index (Phi) is 6.57. The number of ether oxygens (including phenoxy) is 1. The molecule has 0 aliphatic heterocycles. The fourth-order valence-corrected chi connectivity index (χ4v) is 6.03. The van der Waals surface area contributed by atoms with Crippen LogP contribution in [0.5, 0.6) is 5.75 Å². The van der Waals surface area contributed by atoms with Crippen molar-refractivity contribution in [2.45, 2.75) is 44.1 Å². The zero-order valence-electron chi connectivity index (χ0n) is 19.1. The van der Waals surface area contributed by atoms with Gasteiger partial charge in [-0.15, -0.1) is 0 Å². The number of amides is 1. The molecule has 0 N–H and O–H groups in total. The Bertz CT molecular complexity index is 1260. The number of hydrogen-bond acceptors (Lipinski definition) is 5. The summed E-state index contributed by atoms with van der Waals surface area (Å²) in [6.45, 7) is 1.37. The highest BCUT2D eigenvalue weighted by atomic mass is 35.5. The van der Waals surface area contributed by atoms with Crippen LogP contribution in [0.4, 0.5) is 5.13 Å². The molecule has 0 atom stereocenters. The van der Waals surface area contributed by atoms with Gasteiger partial charge >= 0.3 is 0 Å². The first-order valence-corrected chi connectivity index (χ1v) is 12.8. The van der Waals surface area contributed by atoms with Crippen LogP contribution in [-0.2, 0) is 16.8 Å². The number of aryl methyl sites for hydroxylation is 1. The number of anilines is 1. The average Bonchev–Trinajstić information content (AvgIpc) is 3.62. The molecule has 0 unspecified atom stereocenters. The third kappa shape index (κ3) is 4.42. The number of benzene rings is 2. The molecule has 176 valence electrons. The summed E-state index contributed by atoms with van der Waals surface area (Å²) in [5, 5.41) is 1.42. The molecule has 1 saturated carbocycles. The minimum absolute atomic E-state index is 0.129. The number of methoxy groups -OCH3 is 1. The van der Waals surface area contributed by atoms with E-state index < -0.39 is 5.41 Å². The minimum Gasteiger partial charge on any atom is -0.497 e. The van der Waals surface area contributed by atoms with E-state index in [2.05, 4.69) is 4.98 Å². The summed E-state index contributed by atoms with van der Waals surface area (Å²) in [6.07, 6.45) is 10.1. The van der Waals surface area contributed by atoms with Gasteiger partial charge in [0.2, 0.25) is 5.91 Å². The van der Waals surface area contributed by atoms with Crippen LogP contribution in [0.3, 0.4) is 0 Å². The van der Waals surface area contributed by atoms with Crippen molar-refractivity contribution in [3.63, 3.8) is 0 Å². The second kappa shape index (κ2) is 9.76. The van der Waals surface area contributed by atoms with E-state index in [0.717, 1.165) is 65.3 Å². The van der Waals surface area contributed by atoms with E-state index in [9.17, 15) is 4.79 Å². The first-order chi connectivity index (χ1) is 16.6. The predicted molar refractivity (Wildman–Crippen MR) is 137 cm³/mol. The van der Waals surface area contributed by atoms with Crippen LogP contribution in [0.15, 0.2) is 61.2 Å². The Balaban J connectivity index is 1.51. The molecule has 1 aliphatic rings. The Morgan fingerprint density at radius 3 is 2.71 bits per heavy atom. The number of aromatic nitrogens is 3. The first kappa shape index (κ1) is 22.9. The number of thiazole rings is 1. The summed E-state index contributed by atoms with van der Waals surface area (Å²) in [6, 6.07) is 13.6. The highest BCUT2D eigenvalue weighted by molar-refractivity contribution is 7.22. The normalized spacial score (nSPS) is 15.0. The van der Waals surface area contributed by atoms with Crippen LogP contribution in [0, 0.1) is 0 Å². The molecule has 0 saturated heterocycles. The molecule has 8 heteroatoms. The molecule has 1 amide bonds. The topological polar surface area (TPSA) is 60.2 Å². The quantitative estimate of drug-likeness (QED) is 0.297. The first-order valence-electron chi connectivity index (χ1n) is 11.6. The van der Waals surface area contributed by atoms with Gasteiger partial charge in [-0.3, -0.25) is 9.69 Å². The monoisotopic (exact) mass is 494 g/mol. The lowest BCUT2D eigenvalue weighted by atomic mass is 9.77. The molecule has 4 aromatic rings. The Hall–Kier alpha value is -2.90. The minimum atomic E-state index is -0.546. The van der Waals surface area contributed by atoms with Crippen molar-refractivity contribution >= 4 is 44.2 Å². The fourth-order valence-electron chi connectivity index (χ4n) is 4.88. The molecule has 1 fully saturated rings. The van der Waals surface area contributed by atoms with Gasteiger partial charge in [-0.05, 0) is 55.2 Å². The third-order valence-corrected chi connectivity index (χ3v) is 7.97. The fraction of sp³-hybridized carbons (Fsp3) is 0.346. The van der Waals surface area contributed by atoms with E-state index in [1.54, 1.807) is 24.6 Å². The zero-order chi connectivity index (χ0) is 23.5. The number of nitrogens with zero attached hydrogens (tertiary/aromatic N) is 4. The van der Waals surface area contributed by atoms with Gasteiger partial charge in [0.1, 0.15) is 5.75 Å². The van der Waals surface area contributed by atoms with E-state index in [1.807, 2.05) is 64.5 Å². The van der Waals surface area contributed by atoms with Crippen LogP contribution >= 0.6 is 22.9 Å². The Labute approximate surface area is 208 Å². The maximum atomic E-state index is 14.4. The molecule has 34 heavy (non-hydrogen) atoms. The largest absolute Gasteiger partial charge is 0.497 e. The van der Waals surface area contributed by atoms with Gasteiger partial charge in [0.15, 0.2) is 5.13 Å². The molecular formula is C26H27ClN4O2S. The predicted octanol–water partition coefficient (Wildman–Crippen LogP) is 6.09. The molecule has 6 nitrogen and oxygen atoms in total. The number of carbonyl (C=O) groups excluding carboxylic acids is 1. The highest BCUT2D eigenvalue weighted by Crippen LogP contribution is 2.44. The van der Waals surface area contributed by atoms with Gasteiger partial charge in [0.25, 0.3) is 0 Å². The van der Waals surface area contributed by atoms with E-state index >= 15 is 0 Å². The van der Waals surface area contributed by atoms with Gasteiger partial charge in [-0.25, -0.2) is 9.97 Å². The maximum Gasteiger partial charge on any atom is 0.239 e. The van der Waals surface area contributed by atoms with Crippen LogP contribution in [0.25, 0.3) is 10.2 Å². The molecular weight excluding hydrogens is 468 g/mol. The molecule has 0 radical (unpaired) electrons. The van der Waals surface area contributed by atoms with E-state index in [0.29, 0.717) is 11.6 Å². The molecule has 2 aromatic carbocycles. The van der Waals surface area contributed by atoms with Gasteiger partial charge in [0.05, 0.1) is 29.1 Å². The Morgan fingerprint density at radius 1 is 1.21 bits per heavy atom. The lowest BCUT2D eigenvalue weighted by molar-refractivity contribution is -0.124. The summed E-state index contributed by atoms with van der Waals surface area (Å²) in [5.74, 6) is 0.915. The Morgan fingerprint density at radius 2 is 2.00 bits per heavy atom. The number of rotatable bonds is 8. The molecule has 2 heterocycles. The van der Waals surface area contributed by atoms with Crippen LogP contribution in [0.1, 0.15) is 37.7 Å². The van der Waals surface area contributed by atoms with Crippen molar-refractivity contribution in [2.75, 3.05) is 18.6 Å². The van der Waals surface area contributed by atoms with E-state index in [1.165, 1.54) is 0 Å². The maximum absolute atomic E-state index is 14.4. The van der Waals surface area contributed by atoms with Crippen molar-refractivity contribution in [3.8, 4) is 5.75 Å². The molecule has 5 rings (SSSR count). The summed E-state index contributed by atoms with van der Waals surface area (Å²) in [7, 11) is 1.66. The standard InChI is InChI=1S/C26H27ClN4O2S/c1-33-21-9-10-22-23(17-21)34-25(29-22)31(15-4-14-30-16-13-28-18-30)24(32)26(11-2-3-12-26)19-5-7-20(27)8-6-19/h5-10,13,16-18H,2-4,11-12,14-15H2,1H3. The van der Waals surface area contributed by atoms with Gasteiger partial charge in [-0.1, -0.05) is 47.9 Å². The molecule has 2 aromatic heterocycles. The number of carbonyl (C=O) groups is 1. The second-order valence-electron chi connectivity index (χ2n) is 8.74. The lowest BCUT2D eigenvalue weighted by Crippen LogP contribution is -2.46. The molecule has 0 spiro atoms. The SMILES string of the molecule is COc1ccc2nc(N(CCCn3ccnc3)C(=O)C3(c4ccc(Cl)cc4)CCCC3)sc2c1. The van der Waals surface area contributed by atoms with Crippen molar-refractivity contribution in [3.05, 3.63) is 71.8 Å². The number of fused-ring (bicyclic) bond motifs is 1. The van der Waals surface area contributed by atoms with Gasteiger partial charge in [0, 0.05) is 30.5 Å². The third-order valence-electron chi connectivity index (χ3n) is 6.68. The van der Waals surface area contributed by atoms with Crippen molar-refractivity contribution in [1.82, 2.24) is 14.5 Å². The summed E-state index contributed by atoms with van der Waals surface area (Å²) in [4.78, 5) is 25.3. The number of imidazole rings is 1. The highest BCUT2D eigenvalue weighted by Gasteiger charge is 2.45. The smallest absolute Gasteiger partial charge is 0.239 e. The van der Waals surface area contributed by atoms with E-state index in [-0.39, 0.29) is 5.91 Å². The van der Waals surface area contributed by atoms with Crippen LogP contribution < -0.4 is 9.64 Å².